The molecule has 1 saturated heterocycles. The van der Waals surface area contributed by atoms with E-state index >= 15 is 0 Å². The van der Waals surface area contributed by atoms with Gasteiger partial charge >= 0.3 is 0 Å². The van der Waals surface area contributed by atoms with E-state index in [0.717, 1.165) is 46.9 Å². The van der Waals surface area contributed by atoms with Crippen molar-refractivity contribution in [2.45, 2.75) is 23.6 Å². The highest BCUT2D eigenvalue weighted by Gasteiger charge is 2.19. The van der Waals surface area contributed by atoms with Crippen molar-refractivity contribution < 1.29 is 9.53 Å². The summed E-state index contributed by atoms with van der Waals surface area (Å²) >= 11 is 5.15. The first-order valence-electron chi connectivity index (χ1n) is 7.88. The standard InChI is InChI=1S/C18H19BrN2O2S/c1-23-16-6-4-13(10-15(16)19)12-24-17-7-5-14(11-20-17)18(22)21-8-2-3-9-21/h4-7,10-11H,2-3,8-9,12H2,1H3. The van der Waals surface area contributed by atoms with Gasteiger partial charge in [0.1, 0.15) is 5.75 Å². The van der Waals surface area contributed by atoms with Gasteiger partial charge in [-0.25, -0.2) is 4.98 Å². The maximum absolute atomic E-state index is 12.3. The molecule has 0 N–H and O–H groups in total. The summed E-state index contributed by atoms with van der Waals surface area (Å²) in [5.74, 6) is 1.73. The number of hydrogen-bond donors (Lipinski definition) is 0. The van der Waals surface area contributed by atoms with Crippen LogP contribution in [0.2, 0.25) is 0 Å². The molecule has 2 aromatic rings. The highest BCUT2D eigenvalue weighted by Crippen LogP contribution is 2.28. The minimum absolute atomic E-state index is 0.0932. The van der Waals surface area contributed by atoms with E-state index in [1.165, 1.54) is 5.56 Å². The van der Waals surface area contributed by atoms with Gasteiger partial charge < -0.3 is 9.64 Å². The summed E-state index contributed by atoms with van der Waals surface area (Å²) in [5, 5.41) is 0.917. The van der Waals surface area contributed by atoms with Gasteiger partial charge in [0.2, 0.25) is 0 Å². The van der Waals surface area contributed by atoms with Crippen LogP contribution in [0, 0.1) is 0 Å². The van der Waals surface area contributed by atoms with Gasteiger partial charge in [0.15, 0.2) is 0 Å². The largest absolute Gasteiger partial charge is 0.496 e. The molecule has 0 spiro atoms. The lowest BCUT2D eigenvalue weighted by molar-refractivity contribution is 0.0792. The summed E-state index contributed by atoms with van der Waals surface area (Å²) in [6.45, 7) is 1.73. The van der Waals surface area contributed by atoms with Gasteiger partial charge in [-0.15, -0.1) is 11.8 Å². The number of carbonyl (C=O) groups excluding carboxylic acids is 1. The maximum atomic E-state index is 12.3. The molecule has 1 amide bonds. The number of pyridine rings is 1. The molecule has 3 rings (SSSR count). The molecule has 2 heterocycles. The Balaban J connectivity index is 1.60. The maximum Gasteiger partial charge on any atom is 0.255 e. The van der Waals surface area contributed by atoms with Crippen molar-refractivity contribution >= 4 is 33.6 Å². The number of likely N-dealkylation sites (tertiary alicyclic amines) is 1. The fourth-order valence-corrected chi connectivity index (χ4v) is 4.03. The van der Waals surface area contributed by atoms with E-state index in [-0.39, 0.29) is 5.91 Å². The number of rotatable bonds is 5. The molecule has 0 unspecified atom stereocenters. The molecule has 0 aliphatic carbocycles. The normalized spacial score (nSPS) is 14.0. The van der Waals surface area contributed by atoms with Crippen LogP contribution in [0.25, 0.3) is 0 Å². The number of carbonyl (C=O) groups is 1. The lowest BCUT2D eigenvalue weighted by Gasteiger charge is -2.14. The number of methoxy groups -OCH3 is 1. The van der Waals surface area contributed by atoms with Crippen molar-refractivity contribution in [3.8, 4) is 5.75 Å². The van der Waals surface area contributed by atoms with Gasteiger partial charge in [-0.2, -0.15) is 0 Å². The third kappa shape index (κ3) is 4.11. The number of amides is 1. The molecule has 4 nitrogen and oxygen atoms in total. The van der Waals surface area contributed by atoms with E-state index in [9.17, 15) is 4.79 Å². The second-order valence-corrected chi connectivity index (χ2v) is 7.49. The third-order valence-electron chi connectivity index (χ3n) is 3.98. The van der Waals surface area contributed by atoms with Gasteiger partial charge in [0, 0.05) is 25.0 Å². The Morgan fingerprint density at radius 1 is 1.29 bits per heavy atom. The summed E-state index contributed by atoms with van der Waals surface area (Å²) in [6, 6.07) is 9.84. The van der Waals surface area contributed by atoms with Crippen LogP contribution >= 0.6 is 27.7 Å². The minimum atomic E-state index is 0.0932. The van der Waals surface area contributed by atoms with Crippen molar-refractivity contribution in [2.75, 3.05) is 20.2 Å². The van der Waals surface area contributed by atoms with E-state index in [1.807, 2.05) is 29.2 Å². The average Bonchev–Trinajstić information content (AvgIpc) is 3.14. The summed E-state index contributed by atoms with van der Waals surface area (Å²) in [7, 11) is 1.66. The average molecular weight is 407 g/mol. The lowest BCUT2D eigenvalue weighted by atomic mass is 10.2. The number of halogens is 1. The Hall–Kier alpha value is -1.53. The Morgan fingerprint density at radius 3 is 2.71 bits per heavy atom. The Labute approximate surface area is 154 Å². The number of ether oxygens (including phenoxy) is 1. The fourth-order valence-electron chi connectivity index (χ4n) is 2.65. The van der Waals surface area contributed by atoms with E-state index in [1.54, 1.807) is 25.1 Å². The van der Waals surface area contributed by atoms with Crippen molar-refractivity contribution in [3.05, 3.63) is 52.1 Å². The highest BCUT2D eigenvalue weighted by molar-refractivity contribution is 9.10. The van der Waals surface area contributed by atoms with Crippen LogP contribution in [0.4, 0.5) is 0 Å². The van der Waals surface area contributed by atoms with E-state index in [0.29, 0.717) is 5.56 Å². The molecule has 0 radical (unpaired) electrons. The molecule has 126 valence electrons. The molecule has 1 aromatic carbocycles. The first-order chi connectivity index (χ1) is 11.7. The van der Waals surface area contributed by atoms with E-state index in [2.05, 4.69) is 27.0 Å². The molecule has 0 saturated carbocycles. The quantitative estimate of drug-likeness (QED) is 0.690. The lowest BCUT2D eigenvalue weighted by Crippen LogP contribution is -2.27. The fraction of sp³-hybridized carbons (Fsp3) is 0.333. The van der Waals surface area contributed by atoms with Crippen molar-refractivity contribution in [1.29, 1.82) is 0 Å². The zero-order chi connectivity index (χ0) is 16.9. The van der Waals surface area contributed by atoms with Crippen molar-refractivity contribution in [3.63, 3.8) is 0 Å². The predicted molar refractivity (Wildman–Crippen MR) is 99.6 cm³/mol. The number of aromatic nitrogens is 1. The third-order valence-corrected chi connectivity index (χ3v) is 5.61. The Kier molecular flexibility index (Phi) is 5.79. The van der Waals surface area contributed by atoms with Crippen molar-refractivity contribution in [2.24, 2.45) is 0 Å². The van der Waals surface area contributed by atoms with Gasteiger partial charge in [0.05, 0.1) is 22.2 Å². The molecule has 1 fully saturated rings. The molecule has 1 aliphatic rings. The molecule has 0 atom stereocenters. The first-order valence-corrected chi connectivity index (χ1v) is 9.66. The van der Waals surface area contributed by atoms with Crippen LogP contribution in [0.3, 0.4) is 0 Å². The van der Waals surface area contributed by atoms with E-state index < -0.39 is 0 Å². The summed E-state index contributed by atoms with van der Waals surface area (Å²) in [5.41, 5.74) is 1.86. The Morgan fingerprint density at radius 2 is 2.08 bits per heavy atom. The summed E-state index contributed by atoms with van der Waals surface area (Å²) in [6.07, 6.45) is 3.89. The SMILES string of the molecule is COc1ccc(CSc2ccc(C(=O)N3CCCC3)cn2)cc1Br. The van der Waals surface area contributed by atoms with Gasteiger partial charge in [-0.1, -0.05) is 6.07 Å². The van der Waals surface area contributed by atoms with Gasteiger partial charge in [0.25, 0.3) is 5.91 Å². The zero-order valence-corrected chi connectivity index (χ0v) is 15.9. The molecule has 1 aromatic heterocycles. The monoisotopic (exact) mass is 406 g/mol. The van der Waals surface area contributed by atoms with E-state index in [4.69, 9.17) is 4.74 Å². The number of thioether (sulfide) groups is 1. The van der Waals surface area contributed by atoms with Crippen molar-refractivity contribution in [1.82, 2.24) is 9.88 Å². The second kappa shape index (κ2) is 8.03. The van der Waals surface area contributed by atoms with Crippen LogP contribution in [-0.2, 0) is 5.75 Å². The molecular formula is C18H19BrN2O2S. The highest BCUT2D eigenvalue weighted by atomic mass is 79.9. The predicted octanol–water partition coefficient (Wildman–Crippen LogP) is 4.38. The van der Waals surface area contributed by atoms with Crippen LogP contribution in [0.15, 0.2) is 46.0 Å². The second-order valence-electron chi connectivity index (χ2n) is 5.64. The number of nitrogens with zero attached hydrogens (tertiary/aromatic N) is 2. The number of hydrogen-bond acceptors (Lipinski definition) is 4. The molecule has 24 heavy (non-hydrogen) atoms. The summed E-state index contributed by atoms with van der Waals surface area (Å²) < 4.78 is 6.19. The van der Waals surface area contributed by atoms with Crippen LogP contribution in [0.5, 0.6) is 5.75 Å². The smallest absolute Gasteiger partial charge is 0.255 e. The molecule has 0 bridgehead atoms. The minimum Gasteiger partial charge on any atom is -0.496 e. The van der Waals surface area contributed by atoms with Crippen LogP contribution in [-0.4, -0.2) is 36.0 Å². The first kappa shape index (κ1) is 17.3. The van der Waals surface area contributed by atoms with Crippen LogP contribution in [0.1, 0.15) is 28.8 Å². The molecular weight excluding hydrogens is 388 g/mol. The molecule has 6 heteroatoms. The summed E-state index contributed by atoms with van der Waals surface area (Å²) in [4.78, 5) is 18.6. The van der Waals surface area contributed by atoms with Gasteiger partial charge in [-0.3, -0.25) is 4.79 Å². The molecule has 1 aliphatic heterocycles. The van der Waals surface area contributed by atoms with Crippen LogP contribution < -0.4 is 4.74 Å². The zero-order valence-electron chi connectivity index (χ0n) is 13.5. The van der Waals surface area contributed by atoms with Gasteiger partial charge in [-0.05, 0) is 58.6 Å². The number of benzene rings is 1. The Bertz CT molecular complexity index is 715. The topological polar surface area (TPSA) is 42.4 Å².